The average Bonchev–Trinajstić information content (AvgIpc) is 2.10. The molecule has 76 valence electrons. The molecule has 2 unspecified atom stereocenters. The summed E-state index contributed by atoms with van der Waals surface area (Å²) >= 11 is 1.87. The minimum absolute atomic E-state index is 0.000926. The molecule has 2 nitrogen and oxygen atoms in total. The van der Waals surface area contributed by atoms with Gasteiger partial charge in [-0.25, -0.2) is 0 Å². The monoisotopic (exact) mass is 200 g/mol. The highest BCUT2D eigenvalue weighted by Gasteiger charge is 2.09. The Labute approximate surface area is 86.1 Å². The molecule has 0 aliphatic carbocycles. The first-order chi connectivity index (χ1) is 6.10. The van der Waals surface area contributed by atoms with Crippen molar-refractivity contribution in [3.05, 3.63) is 0 Å². The van der Waals surface area contributed by atoms with Crippen LogP contribution in [0.2, 0.25) is 0 Å². The zero-order chi connectivity index (χ0) is 10.3. The van der Waals surface area contributed by atoms with Crippen molar-refractivity contribution in [2.75, 3.05) is 5.75 Å². The topological polar surface area (TPSA) is 35.8 Å². The van der Waals surface area contributed by atoms with Gasteiger partial charge >= 0.3 is 0 Å². The van der Waals surface area contributed by atoms with Gasteiger partial charge in [0.15, 0.2) is 0 Å². The van der Waals surface area contributed by atoms with E-state index < -0.39 is 0 Å². The predicted molar refractivity (Wildman–Crippen MR) is 59.9 cm³/mol. The molecule has 0 aromatic heterocycles. The van der Waals surface area contributed by atoms with Gasteiger partial charge in [-0.15, -0.1) is 0 Å². The highest BCUT2D eigenvalue weighted by Crippen LogP contribution is 2.14. The van der Waals surface area contributed by atoms with Crippen molar-refractivity contribution < 1.29 is 0 Å². The lowest BCUT2D eigenvalue weighted by molar-refractivity contribution is 0.560. The maximum absolute atomic E-state index is 8.83. The Morgan fingerprint density at radius 2 is 2.00 bits per heavy atom. The molecular formula is C10H20N2S. The molecule has 0 amide bonds. The van der Waals surface area contributed by atoms with E-state index in [0.29, 0.717) is 11.3 Å². The van der Waals surface area contributed by atoms with Gasteiger partial charge in [-0.3, -0.25) is 5.32 Å². The number of nitrogens with zero attached hydrogens (tertiary/aromatic N) is 1. The van der Waals surface area contributed by atoms with Crippen LogP contribution in [0.1, 0.15) is 34.1 Å². The summed E-state index contributed by atoms with van der Waals surface area (Å²) in [5, 5.41) is 12.7. The molecule has 0 aliphatic heterocycles. The molecule has 0 rings (SSSR count). The van der Waals surface area contributed by atoms with Gasteiger partial charge in [-0.2, -0.15) is 17.0 Å². The lowest BCUT2D eigenvalue weighted by atomic mass is 10.3. The SMILES string of the molecule is CCC(C)SCC(C#N)NC(C)C. The number of hydrogen-bond acceptors (Lipinski definition) is 3. The lowest BCUT2D eigenvalue weighted by Gasteiger charge is -2.16. The second kappa shape index (κ2) is 7.23. The first-order valence-corrected chi connectivity index (χ1v) is 5.92. The van der Waals surface area contributed by atoms with Crippen LogP contribution in [0.25, 0.3) is 0 Å². The molecule has 0 aliphatic rings. The van der Waals surface area contributed by atoms with E-state index >= 15 is 0 Å². The maximum atomic E-state index is 8.83. The number of nitrogens with one attached hydrogen (secondary N) is 1. The second-order valence-electron chi connectivity index (χ2n) is 3.56. The van der Waals surface area contributed by atoms with E-state index in [1.165, 1.54) is 6.42 Å². The molecule has 13 heavy (non-hydrogen) atoms. The lowest BCUT2D eigenvalue weighted by Crippen LogP contribution is -2.35. The fourth-order valence-electron chi connectivity index (χ4n) is 0.903. The second-order valence-corrected chi connectivity index (χ2v) is 5.03. The summed E-state index contributed by atoms with van der Waals surface area (Å²) in [4.78, 5) is 0. The minimum Gasteiger partial charge on any atom is -0.299 e. The summed E-state index contributed by atoms with van der Waals surface area (Å²) in [6, 6.07) is 2.67. The number of rotatable bonds is 6. The number of thioether (sulfide) groups is 1. The van der Waals surface area contributed by atoms with Crippen LogP contribution in [-0.4, -0.2) is 23.1 Å². The summed E-state index contributed by atoms with van der Waals surface area (Å²) < 4.78 is 0. The van der Waals surface area contributed by atoms with Crippen molar-refractivity contribution in [1.29, 1.82) is 5.26 Å². The molecular weight excluding hydrogens is 180 g/mol. The van der Waals surface area contributed by atoms with Crippen molar-refractivity contribution in [2.45, 2.75) is 51.4 Å². The largest absolute Gasteiger partial charge is 0.299 e. The molecule has 0 saturated heterocycles. The minimum atomic E-state index is -0.000926. The summed E-state index contributed by atoms with van der Waals surface area (Å²) in [6.45, 7) is 8.51. The summed E-state index contributed by atoms with van der Waals surface area (Å²) in [7, 11) is 0. The summed E-state index contributed by atoms with van der Waals surface area (Å²) in [5.74, 6) is 0.893. The quantitative estimate of drug-likeness (QED) is 0.715. The zero-order valence-corrected chi connectivity index (χ0v) is 9.82. The van der Waals surface area contributed by atoms with E-state index in [-0.39, 0.29) is 6.04 Å². The Hall–Kier alpha value is -0.200. The van der Waals surface area contributed by atoms with Crippen molar-refractivity contribution in [3.63, 3.8) is 0 Å². The molecule has 0 heterocycles. The van der Waals surface area contributed by atoms with Gasteiger partial charge in [0, 0.05) is 17.0 Å². The van der Waals surface area contributed by atoms with E-state index in [1.54, 1.807) is 0 Å². The molecule has 1 N–H and O–H groups in total. The van der Waals surface area contributed by atoms with E-state index in [2.05, 4.69) is 39.1 Å². The number of hydrogen-bond donors (Lipinski definition) is 1. The normalized spacial score (nSPS) is 15.4. The Morgan fingerprint density at radius 3 is 2.38 bits per heavy atom. The zero-order valence-electron chi connectivity index (χ0n) is 9.00. The van der Waals surface area contributed by atoms with Crippen molar-refractivity contribution in [1.82, 2.24) is 5.32 Å². The van der Waals surface area contributed by atoms with Crippen LogP contribution < -0.4 is 5.32 Å². The van der Waals surface area contributed by atoms with Crippen LogP contribution >= 0.6 is 11.8 Å². The van der Waals surface area contributed by atoms with E-state index in [4.69, 9.17) is 5.26 Å². The highest BCUT2D eigenvalue weighted by atomic mass is 32.2. The van der Waals surface area contributed by atoms with E-state index in [0.717, 1.165) is 5.75 Å². The van der Waals surface area contributed by atoms with Gasteiger partial charge in [-0.05, 0) is 20.3 Å². The molecule has 0 saturated carbocycles. The third-order valence-electron chi connectivity index (χ3n) is 1.81. The fraction of sp³-hybridized carbons (Fsp3) is 0.900. The van der Waals surface area contributed by atoms with E-state index in [9.17, 15) is 0 Å². The Morgan fingerprint density at radius 1 is 1.38 bits per heavy atom. The van der Waals surface area contributed by atoms with Gasteiger partial charge in [0.05, 0.1) is 6.07 Å². The van der Waals surface area contributed by atoms with E-state index in [1.807, 2.05) is 11.8 Å². The number of nitriles is 1. The van der Waals surface area contributed by atoms with Crippen LogP contribution in [0.5, 0.6) is 0 Å². The molecule has 0 fully saturated rings. The Balaban J connectivity index is 3.67. The average molecular weight is 200 g/mol. The summed E-state index contributed by atoms with van der Waals surface area (Å²) in [5.41, 5.74) is 0. The smallest absolute Gasteiger partial charge is 0.105 e. The molecule has 0 radical (unpaired) electrons. The van der Waals surface area contributed by atoms with Crippen LogP contribution in [0.15, 0.2) is 0 Å². The van der Waals surface area contributed by atoms with Crippen molar-refractivity contribution in [2.24, 2.45) is 0 Å². The standard InChI is InChI=1S/C10H20N2S/c1-5-9(4)13-7-10(6-11)12-8(2)3/h8-10,12H,5,7H2,1-4H3. The molecule has 0 spiro atoms. The Bertz CT molecular complexity index is 163. The fourth-order valence-corrected chi connectivity index (χ4v) is 1.83. The van der Waals surface area contributed by atoms with Gasteiger partial charge in [0.2, 0.25) is 0 Å². The molecule has 0 bridgehead atoms. The maximum Gasteiger partial charge on any atom is 0.105 e. The van der Waals surface area contributed by atoms with Gasteiger partial charge in [0.25, 0.3) is 0 Å². The van der Waals surface area contributed by atoms with Crippen molar-refractivity contribution >= 4 is 11.8 Å². The van der Waals surface area contributed by atoms with Gasteiger partial charge in [-0.1, -0.05) is 13.8 Å². The van der Waals surface area contributed by atoms with Crippen molar-refractivity contribution in [3.8, 4) is 6.07 Å². The molecule has 0 aromatic carbocycles. The molecule has 2 atom stereocenters. The van der Waals surface area contributed by atoms with Gasteiger partial charge < -0.3 is 0 Å². The van der Waals surface area contributed by atoms with Gasteiger partial charge in [0.1, 0.15) is 6.04 Å². The predicted octanol–water partition coefficient (Wildman–Crippen LogP) is 2.41. The van der Waals surface area contributed by atoms with Crippen LogP contribution in [0.4, 0.5) is 0 Å². The Kier molecular flexibility index (Phi) is 7.12. The highest BCUT2D eigenvalue weighted by molar-refractivity contribution is 7.99. The third kappa shape index (κ3) is 6.92. The third-order valence-corrected chi connectivity index (χ3v) is 3.24. The van der Waals surface area contributed by atoms with Crippen LogP contribution in [0, 0.1) is 11.3 Å². The first-order valence-electron chi connectivity index (χ1n) is 4.87. The molecule has 0 aromatic rings. The van der Waals surface area contributed by atoms with Crippen LogP contribution in [0.3, 0.4) is 0 Å². The van der Waals surface area contributed by atoms with Crippen LogP contribution in [-0.2, 0) is 0 Å². The molecule has 3 heteroatoms. The summed E-state index contributed by atoms with van der Waals surface area (Å²) in [6.07, 6.45) is 1.17. The first kappa shape index (κ1) is 12.8.